The van der Waals surface area contributed by atoms with Gasteiger partial charge in [-0.3, -0.25) is 0 Å². The molecule has 96 valence electrons. The second kappa shape index (κ2) is 6.23. The Kier molecular flexibility index (Phi) is 4.39. The van der Waals surface area contributed by atoms with Gasteiger partial charge in [-0.15, -0.1) is 0 Å². The van der Waals surface area contributed by atoms with E-state index in [0.717, 1.165) is 22.2 Å². The summed E-state index contributed by atoms with van der Waals surface area (Å²) in [6.07, 6.45) is 0. The van der Waals surface area contributed by atoms with E-state index >= 15 is 0 Å². The van der Waals surface area contributed by atoms with Crippen LogP contribution in [0.5, 0.6) is 5.75 Å². The molecule has 4 nitrogen and oxygen atoms in total. The Balaban J connectivity index is 2.07. The second-order valence-electron chi connectivity index (χ2n) is 3.88. The van der Waals surface area contributed by atoms with Gasteiger partial charge in [0.1, 0.15) is 12.4 Å². The fourth-order valence-corrected chi connectivity index (χ4v) is 1.80. The van der Waals surface area contributed by atoms with E-state index < -0.39 is 0 Å². The van der Waals surface area contributed by atoms with E-state index in [1.54, 1.807) is 0 Å². The fraction of sp³-hybridized carbons (Fsp3) is 0.286. The van der Waals surface area contributed by atoms with Gasteiger partial charge < -0.3 is 20.3 Å². The van der Waals surface area contributed by atoms with E-state index in [4.69, 9.17) is 20.3 Å². The molecule has 0 fully saturated rings. The Morgan fingerprint density at radius 3 is 2.50 bits per heavy atom. The van der Waals surface area contributed by atoms with Gasteiger partial charge in [-0.1, -0.05) is 24.3 Å². The summed E-state index contributed by atoms with van der Waals surface area (Å²) in [5, 5.41) is 10.6. The van der Waals surface area contributed by atoms with Crippen molar-refractivity contribution in [3.8, 4) is 5.75 Å². The third-order valence-corrected chi connectivity index (χ3v) is 2.64. The molecule has 2 aromatic carbocycles. The number of benzene rings is 2. The smallest absolute Gasteiger partial charge is 0.127 e. The summed E-state index contributed by atoms with van der Waals surface area (Å²) in [6.45, 7) is 1.28. The Morgan fingerprint density at radius 1 is 0.944 bits per heavy atom. The Labute approximate surface area is 106 Å². The molecule has 3 N–H and O–H groups in total. The summed E-state index contributed by atoms with van der Waals surface area (Å²) in [7, 11) is 0. The van der Waals surface area contributed by atoms with Gasteiger partial charge in [-0.25, -0.2) is 0 Å². The van der Waals surface area contributed by atoms with Crippen LogP contribution < -0.4 is 10.5 Å². The second-order valence-corrected chi connectivity index (χ2v) is 3.88. The summed E-state index contributed by atoms with van der Waals surface area (Å²) in [6, 6.07) is 11.6. The molecule has 4 heteroatoms. The normalized spacial score (nSPS) is 10.7. The quantitative estimate of drug-likeness (QED) is 0.603. The Bertz CT molecular complexity index is 513. The minimum Gasteiger partial charge on any atom is -0.491 e. The van der Waals surface area contributed by atoms with E-state index in [0.29, 0.717) is 19.8 Å². The van der Waals surface area contributed by atoms with Crippen LogP contribution >= 0.6 is 0 Å². The summed E-state index contributed by atoms with van der Waals surface area (Å²) in [5.41, 5.74) is 6.66. The molecule has 0 unspecified atom stereocenters. The predicted octanol–water partition coefficient (Wildman–Crippen LogP) is 1.81. The van der Waals surface area contributed by atoms with Gasteiger partial charge in [0, 0.05) is 16.5 Å². The molecule has 0 saturated carbocycles. The van der Waals surface area contributed by atoms with Crippen LogP contribution in [-0.4, -0.2) is 31.5 Å². The number of fused-ring (bicyclic) bond motifs is 1. The van der Waals surface area contributed by atoms with Crippen LogP contribution in [0.4, 0.5) is 5.69 Å². The van der Waals surface area contributed by atoms with Crippen molar-refractivity contribution in [3.05, 3.63) is 36.4 Å². The molecule has 0 atom stereocenters. The van der Waals surface area contributed by atoms with Crippen molar-refractivity contribution >= 4 is 16.5 Å². The average Bonchev–Trinajstić information content (AvgIpc) is 2.41. The van der Waals surface area contributed by atoms with Crippen molar-refractivity contribution in [2.24, 2.45) is 0 Å². The van der Waals surface area contributed by atoms with Crippen LogP contribution in [0.3, 0.4) is 0 Å². The van der Waals surface area contributed by atoms with Crippen LogP contribution in [0.1, 0.15) is 0 Å². The van der Waals surface area contributed by atoms with Crippen molar-refractivity contribution in [2.45, 2.75) is 0 Å². The Hall–Kier alpha value is -1.78. The molecular weight excluding hydrogens is 230 g/mol. The van der Waals surface area contributed by atoms with Crippen molar-refractivity contribution in [2.75, 3.05) is 32.2 Å². The van der Waals surface area contributed by atoms with Gasteiger partial charge in [-0.2, -0.15) is 0 Å². The van der Waals surface area contributed by atoms with Gasteiger partial charge in [0.15, 0.2) is 0 Å². The monoisotopic (exact) mass is 247 g/mol. The fourth-order valence-electron chi connectivity index (χ4n) is 1.80. The Morgan fingerprint density at radius 2 is 1.72 bits per heavy atom. The molecule has 0 heterocycles. The number of nitrogen functional groups attached to an aromatic ring is 1. The number of rotatable bonds is 6. The number of ether oxygens (including phenoxy) is 2. The molecule has 0 aliphatic carbocycles. The molecule has 0 aromatic heterocycles. The lowest BCUT2D eigenvalue weighted by atomic mass is 10.1. The maximum absolute atomic E-state index is 8.57. The molecule has 0 aliphatic rings. The maximum atomic E-state index is 8.57. The van der Waals surface area contributed by atoms with Crippen LogP contribution in [0.25, 0.3) is 10.8 Å². The van der Waals surface area contributed by atoms with Gasteiger partial charge in [0.2, 0.25) is 0 Å². The van der Waals surface area contributed by atoms with E-state index in [1.165, 1.54) is 0 Å². The average molecular weight is 247 g/mol. The molecule has 0 bridgehead atoms. The zero-order valence-electron chi connectivity index (χ0n) is 10.1. The van der Waals surface area contributed by atoms with Crippen LogP contribution in [0.15, 0.2) is 36.4 Å². The molecule has 18 heavy (non-hydrogen) atoms. The van der Waals surface area contributed by atoms with Crippen molar-refractivity contribution in [3.63, 3.8) is 0 Å². The SMILES string of the molecule is Nc1ccc(OCCOCCO)c2ccccc12. The molecule has 0 aliphatic heterocycles. The van der Waals surface area contributed by atoms with Crippen molar-refractivity contribution in [1.82, 2.24) is 0 Å². The van der Waals surface area contributed by atoms with Gasteiger partial charge in [-0.05, 0) is 12.1 Å². The van der Waals surface area contributed by atoms with Gasteiger partial charge in [0.25, 0.3) is 0 Å². The largest absolute Gasteiger partial charge is 0.491 e. The van der Waals surface area contributed by atoms with E-state index in [-0.39, 0.29) is 6.61 Å². The van der Waals surface area contributed by atoms with Crippen molar-refractivity contribution in [1.29, 1.82) is 0 Å². The number of anilines is 1. The zero-order chi connectivity index (χ0) is 12.8. The van der Waals surface area contributed by atoms with Gasteiger partial charge >= 0.3 is 0 Å². The lowest BCUT2D eigenvalue weighted by Gasteiger charge is -2.10. The highest BCUT2D eigenvalue weighted by atomic mass is 16.5. The minimum absolute atomic E-state index is 0.0325. The van der Waals surface area contributed by atoms with Crippen LogP contribution in [0.2, 0.25) is 0 Å². The number of hydrogen-bond acceptors (Lipinski definition) is 4. The zero-order valence-corrected chi connectivity index (χ0v) is 10.1. The summed E-state index contributed by atoms with van der Waals surface area (Å²) >= 11 is 0. The lowest BCUT2D eigenvalue weighted by Crippen LogP contribution is -2.09. The lowest BCUT2D eigenvalue weighted by molar-refractivity contribution is 0.0708. The van der Waals surface area contributed by atoms with Gasteiger partial charge in [0.05, 0.1) is 19.8 Å². The number of aliphatic hydroxyl groups excluding tert-OH is 1. The number of hydrogen-bond donors (Lipinski definition) is 2. The molecule has 0 radical (unpaired) electrons. The summed E-state index contributed by atoms with van der Waals surface area (Å²) in [5.74, 6) is 0.799. The first-order valence-electron chi connectivity index (χ1n) is 5.91. The summed E-state index contributed by atoms with van der Waals surface area (Å²) in [4.78, 5) is 0. The third-order valence-electron chi connectivity index (χ3n) is 2.64. The molecule has 2 aromatic rings. The van der Waals surface area contributed by atoms with E-state index in [9.17, 15) is 0 Å². The highest BCUT2D eigenvalue weighted by Gasteiger charge is 2.04. The first kappa shape index (κ1) is 12.7. The van der Waals surface area contributed by atoms with E-state index in [1.807, 2.05) is 36.4 Å². The predicted molar refractivity (Wildman–Crippen MR) is 71.8 cm³/mol. The highest BCUT2D eigenvalue weighted by Crippen LogP contribution is 2.29. The standard InChI is InChI=1S/C14H17NO3/c15-13-5-6-14(18-10-9-17-8-7-16)12-4-2-1-3-11(12)13/h1-6,16H,7-10,15H2. The number of aliphatic hydroxyl groups is 1. The first-order chi connectivity index (χ1) is 8.83. The molecule has 2 rings (SSSR count). The van der Waals surface area contributed by atoms with Crippen LogP contribution in [-0.2, 0) is 4.74 Å². The minimum atomic E-state index is 0.0325. The van der Waals surface area contributed by atoms with E-state index in [2.05, 4.69) is 0 Å². The highest BCUT2D eigenvalue weighted by molar-refractivity contribution is 5.96. The topological polar surface area (TPSA) is 64.7 Å². The van der Waals surface area contributed by atoms with Crippen LogP contribution in [0, 0.1) is 0 Å². The van der Waals surface area contributed by atoms with Crippen molar-refractivity contribution < 1.29 is 14.6 Å². The maximum Gasteiger partial charge on any atom is 0.127 e. The third kappa shape index (κ3) is 2.91. The molecule has 0 saturated heterocycles. The molecule has 0 amide bonds. The molecular formula is C14H17NO3. The first-order valence-corrected chi connectivity index (χ1v) is 5.91. The molecule has 0 spiro atoms. The summed E-state index contributed by atoms with van der Waals surface area (Å²) < 4.78 is 10.8. The number of nitrogens with two attached hydrogens (primary N) is 1.